The van der Waals surface area contributed by atoms with Gasteiger partial charge in [0.05, 0.1) is 23.1 Å². The lowest BCUT2D eigenvalue weighted by Gasteiger charge is -2.02. The Morgan fingerprint density at radius 2 is 2.05 bits per heavy atom. The molecule has 0 bridgehead atoms. The molecule has 6 nitrogen and oxygen atoms in total. The van der Waals surface area contributed by atoms with Crippen LogP contribution in [0.3, 0.4) is 0 Å². The number of hydrogen-bond donors (Lipinski definition) is 1. The standard InChI is InChI=1S/C16H17N3O3/c17-10-4-1-5-11-18-12-13-8-9-16(22-13)14-6-2-3-7-15(14)19(20)21/h2-3,6-9,18H,1,4-5,11-12H2. The molecule has 0 spiro atoms. The molecule has 0 amide bonds. The van der Waals surface area contributed by atoms with Crippen molar-refractivity contribution < 1.29 is 9.34 Å². The van der Waals surface area contributed by atoms with Crippen LogP contribution in [0.5, 0.6) is 0 Å². The zero-order valence-electron chi connectivity index (χ0n) is 12.1. The Balaban J connectivity index is 1.95. The molecule has 0 saturated carbocycles. The SMILES string of the molecule is N#CCCCCNCc1ccc(-c2ccccc2[N+](=O)[O-])o1. The molecule has 0 fully saturated rings. The van der Waals surface area contributed by atoms with Crippen LogP contribution in [0.1, 0.15) is 25.0 Å². The Bertz CT molecular complexity index is 673. The predicted molar refractivity (Wildman–Crippen MR) is 82.0 cm³/mol. The molecule has 0 aliphatic rings. The first-order chi connectivity index (χ1) is 10.7. The first-order valence-corrected chi connectivity index (χ1v) is 7.12. The molecule has 2 aromatic rings. The third-order valence-corrected chi connectivity index (χ3v) is 3.22. The van der Waals surface area contributed by atoms with Crippen LogP contribution >= 0.6 is 0 Å². The smallest absolute Gasteiger partial charge is 0.280 e. The van der Waals surface area contributed by atoms with Gasteiger partial charge in [0.1, 0.15) is 11.5 Å². The second-order valence-corrected chi connectivity index (χ2v) is 4.83. The summed E-state index contributed by atoms with van der Waals surface area (Å²) in [6.45, 7) is 1.37. The number of nitrogens with zero attached hydrogens (tertiary/aromatic N) is 2. The number of nitriles is 1. The molecule has 0 saturated heterocycles. The van der Waals surface area contributed by atoms with E-state index in [4.69, 9.17) is 9.68 Å². The lowest BCUT2D eigenvalue weighted by molar-refractivity contribution is -0.384. The van der Waals surface area contributed by atoms with Crippen LogP contribution in [-0.4, -0.2) is 11.5 Å². The number of benzene rings is 1. The molecule has 114 valence electrons. The zero-order valence-corrected chi connectivity index (χ0v) is 12.1. The minimum absolute atomic E-state index is 0.0351. The van der Waals surface area contributed by atoms with Crippen LogP contribution in [0.2, 0.25) is 0 Å². The van der Waals surface area contributed by atoms with Crippen LogP contribution < -0.4 is 5.32 Å². The number of nitro groups is 1. The summed E-state index contributed by atoms with van der Waals surface area (Å²) in [5, 5.41) is 22.7. The van der Waals surface area contributed by atoms with Gasteiger partial charge in [0.2, 0.25) is 0 Å². The van der Waals surface area contributed by atoms with Gasteiger partial charge in [-0.25, -0.2) is 0 Å². The van der Waals surface area contributed by atoms with E-state index < -0.39 is 4.92 Å². The molecule has 1 heterocycles. The molecule has 0 radical (unpaired) electrons. The van der Waals surface area contributed by atoms with E-state index in [0.717, 1.165) is 25.1 Å². The summed E-state index contributed by atoms with van der Waals surface area (Å²) in [7, 11) is 0. The molecule has 2 rings (SSSR count). The number of unbranched alkanes of at least 4 members (excludes halogenated alkanes) is 2. The molecule has 6 heteroatoms. The van der Waals surface area contributed by atoms with Crippen molar-refractivity contribution in [2.45, 2.75) is 25.8 Å². The van der Waals surface area contributed by atoms with Crippen molar-refractivity contribution in [1.82, 2.24) is 5.32 Å². The first kappa shape index (κ1) is 15.7. The molecule has 0 aliphatic heterocycles. The van der Waals surface area contributed by atoms with Gasteiger partial charge in [-0.1, -0.05) is 12.1 Å². The van der Waals surface area contributed by atoms with E-state index in [0.29, 0.717) is 24.3 Å². The van der Waals surface area contributed by atoms with E-state index >= 15 is 0 Å². The number of rotatable bonds is 8. The number of furan rings is 1. The highest BCUT2D eigenvalue weighted by Gasteiger charge is 2.16. The average Bonchev–Trinajstić information content (AvgIpc) is 2.99. The first-order valence-electron chi connectivity index (χ1n) is 7.12. The van der Waals surface area contributed by atoms with Crippen molar-refractivity contribution in [3.05, 3.63) is 52.3 Å². The van der Waals surface area contributed by atoms with E-state index in [1.54, 1.807) is 24.3 Å². The van der Waals surface area contributed by atoms with Crippen LogP contribution in [0.25, 0.3) is 11.3 Å². The summed E-state index contributed by atoms with van der Waals surface area (Å²) < 4.78 is 5.67. The van der Waals surface area contributed by atoms with Crippen molar-refractivity contribution in [2.75, 3.05) is 6.54 Å². The highest BCUT2D eigenvalue weighted by Crippen LogP contribution is 2.30. The molecule has 1 N–H and O–H groups in total. The molecule has 22 heavy (non-hydrogen) atoms. The zero-order chi connectivity index (χ0) is 15.8. The van der Waals surface area contributed by atoms with Crippen LogP contribution in [0.4, 0.5) is 5.69 Å². The number of para-hydroxylation sites is 1. The quantitative estimate of drug-likeness (QED) is 0.456. The number of nitrogens with one attached hydrogen (secondary N) is 1. The van der Waals surface area contributed by atoms with Crippen molar-refractivity contribution >= 4 is 5.69 Å². The maximum atomic E-state index is 11.0. The molecule has 1 aromatic heterocycles. The van der Waals surface area contributed by atoms with E-state index in [1.165, 1.54) is 6.07 Å². The van der Waals surface area contributed by atoms with Crippen LogP contribution in [0, 0.1) is 21.4 Å². The predicted octanol–water partition coefficient (Wildman–Crippen LogP) is 3.64. The average molecular weight is 299 g/mol. The van der Waals surface area contributed by atoms with Gasteiger partial charge >= 0.3 is 0 Å². The maximum absolute atomic E-state index is 11.0. The van der Waals surface area contributed by atoms with E-state index in [1.807, 2.05) is 6.07 Å². The van der Waals surface area contributed by atoms with E-state index in [-0.39, 0.29) is 5.69 Å². The van der Waals surface area contributed by atoms with Gasteiger partial charge in [0.25, 0.3) is 5.69 Å². The molecule has 0 atom stereocenters. The Labute approximate surface area is 128 Å². The molecule has 1 aromatic carbocycles. The lowest BCUT2D eigenvalue weighted by Crippen LogP contribution is -2.13. The van der Waals surface area contributed by atoms with Gasteiger partial charge in [-0.15, -0.1) is 0 Å². The maximum Gasteiger partial charge on any atom is 0.280 e. The Hall–Kier alpha value is -2.65. The summed E-state index contributed by atoms with van der Waals surface area (Å²) in [6, 6.07) is 12.2. The Morgan fingerprint density at radius 3 is 2.82 bits per heavy atom. The fraction of sp³-hybridized carbons (Fsp3) is 0.312. The summed E-state index contributed by atoms with van der Waals surface area (Å²) in [4.78, 5) is 10.6. The molecule has 0 unspecified atom stereocenters. The Kier molecular flexibility index (Phi) is 5.69. The van der Waals surface area contributed by atoms with Crippen LogP contribution in [0.15, 0.2) is 40.8 Å². The molecule has 0 aliphatic carbocycles. The largest absolute Gasteiger partial charge is 0.459 e. The third-order valence-electron chi connectivity index (χ3n) is 3.22. The van der Waals surface area contributed by atoms with Gasteiger partial charge in [0.15, 0.2) is 0 Å². The van der Waals surface area contributed by atoms with Crippen molar-refractivity contribution in [3.63, 3.8) is 0 Å². The summed E-state index contributed by atoms with van der Waals surface area (Å²) in [6.07, 6.45) is 2.39. The van der Waals surface area contributed by atoms with Gasteiger partial charge in [-0.2, -0.15) is 5.26 Å². The van der Waals surface area contributed by atoms with Gasteiger partial charge in [0, 0.05) is 12.5 Å². The monoisotopic (exact) mass is 299 g/mol. The minimum atomic E-state index is -0.412. The summed E-state index contributed by atoms with van der Waals surface area (Å²) >= 11 is 0. The highest BCUT2D eigenvalue weighted by atomic mass is 16.6. The lowest BCUT2D eigenvalue weighted by atomic mass is 10.1. The normalized spacial score (nSPS) is 10.3. The minimum Gasteiger partial charge on any atom is -0.459 e. The van der Waals surface area contributed by atoms with E-state index in [9.17, 15) is 10.1 Å². The number of hydrogen-bond acceptors (Lipinski definition) is 5. The topological polar surface area (TPSA) is 92.1 Å². The number of nitro benzene ring substituents is 1. The highest BCUT2D eigenvalue weighted by molar-refractivity contribution is 5.69. The molecular formula is C16H17N3O3. The second-order valence-electron chi connectivity index (χ2n) is 4.83. The second kappa shape index (κ2) is 7.96. The van der Waals surface area contributed by atoms with Crippen molar-refractivity contribution in [1.29, 1.82) is 5.26 Å². The van der Waals surface area contributed by atoms with E-state index in [2.05, 4.69) is 11.4 Å². The van der Waals surface area contributed by atoms with Crippen LogP contribution in [-0.2, 0) is 6.54 Å². The van der Waals surface area contributed by atoms with Crippen molar-refractivity contribution in [3.8, 4) is 17.4 Å². The fourth-order valence-electron chi connectivity index (χ4n) is 2.12. The summed E-state index contributed by atoms with van der Waals surface area (Å²) in [5.41, 5.74) is 0.514. The van der Waals surface area contributed by atoms with Gasteiger partial charge in [-0.05, 0) is 37.6 Å². The van der Waals surface area contributed by atoms with Gasteiger partial charge in [-0.3, -0.25) is 10.1 Å². The molecular weight excluding hydrogens is 282 g/mol. The van der Waals surface area contributed by atoms with Crippen molar-refractivity contribution in [2.24, 2.45) is 0 Å². The fourth-order valence-corrected chi connectivity index (χ4v) is 2.12. The third kappa shape index (κ3) is 4.17. The Morgan fingerprint density at radius 1 is 1.23 bits per heavy atom. The summed E-state index contributed by atoms with van der Waals surface area (Å²) in [5.74, 6) is 1.22. The van der Waals surface area contributed by atoms with Gasteiger partial charge < -0.3 is 9.73 Å².